The van der Waals surface area contributed by atoms with Gasteiger partial charge in [-0.15, -0.1) is 0 Å². The van der Waals surface area contributed by atoms with Crippen molar-refractivity contribution in [3.63, 3.8) is 0 Å². The lowest BCUT2D eigenvalue weighted by Crippen LogP contribution is -2.23. The molecule has 0 saturated heterocycles. The van der Waals surface area contributed by atoms with E-state index in [0.717, 1.165) is 27.9 Å². The van der Waals surface area contributed by atoms with Gasteiger partial charge in [-0.25, -0.2) is 15.0 Å². The van der Waals surface area contributed by atoms with Crippen molar-refractivity contribution in [2.75, 3.05) is 5.32 Å². The summed E-state index contributed by atoms with van der Waals surface area (Å²) >= 11 is 0. The molecule has 8 heteroatoms. The van der Waals surface area contributed by atoms with Gasteiger partial charge in [-0.05, 0) is 44.4 Å². The topological polar surface area (TPSA) is 105 Å². The minimum absolute atomic E-state index is 0.415. The van der Waals surface area contributed by atoms with Crippen molar-refractivity contribution in [1.29, 1.82) is 0 Å². The number of fused-ring (bicyclic) bond motifs is 1. The van der Waals surface area contributed by atoms with Gasteiger partial charge in [0.1, 0.15) is 11.3 Å². The molecule has 1 fully saturated rings. The standard InChI is InChI=1S/C21H23N7O/c1-12-10-23-21(25-14-6-4-3-5-7-14)27-18(12)16-11-22-19-15(16)8-9-17(26-19)20-24-13(2)28-29-20/h8-11,14H,3-7H2,1-2H3,(H,22,26)(H,23,25,27). The molecule has 5 rings (SSSR count). The molecule has 4 heterocycles. The molecule has 4 aromatic rings. The number of aromatic nitrogens is 6. The molecule has 0 radical (unpaired) electrons. The van der Waals surface area contributed by atoms with E-state index in [9.17, 15) is 0 Å². The molecule has 0 unspecified atom stereocenters. The Bertz CT molecular complexity index is 1160. The largest absolute Gasteiger partial charge is 0.351 e. The highest BCUT2D eigenvalue weighted by Crippen LogP contribution is 2.31. The quantitative estimate of drug-likeness (QED) is 0.532. The average molecular weight is 389 g/mol. The second-order valence-electron chi connectivity index (χ2n) is 7.65. The van der Waals surface area contributed by atoms with Crippen LogP contribution < -0.4 is 5.32 Å². The first-order valence-corrected chi connectivity index (χ1v) is 10.1. The molecule has 4 aromatic heterocycles. The summed E-state index contributed by atoms with van der Waals surface area (Å²) in [5.74, 6) is 1.69. The Morgan fingerprint density at radius 3 is 2.72 bits per heavy atom. The molecule has 0 spiro atoms. The maximum atomic E-state index is 5.23. The average Bonchev–Trinajstić information content (AvgIpc) is 3.36. The van der Waals surface area contributed by atoms with Crippen molar-refractivity contribution < 1.29 is 4.52 Å². The molecule has 29 heavy (non-hydrogen) atoms. The summed E-state index contributed by atoms with van der Waals surface area (Å²) in [7, 11) is 0. The molecule has 0 bridgehead atoms. The van der Waals surface area contributed by atoms with Gasteiger partial charge in [0, 0.05) is 29.4 Å². The Balaban J connectivity index is 1.49. The van der Waals surface area contributed by atoms with Crippen LogP contribution >= 0.6 is 0 Å². The van der Waals surface area contributed by atoms with E-state index in [1.54, 1.807) is 6.92 Å². The second kappa shape index (κ2) is 7.27. The number of aromatic amines is 1. The molecular formula is C21H23N7O. The van der Waals surface area contributed by atoms with E-state index in [-0.39, 0.29) is 0 Å². The van der Waals surface area contributed by atoms with E-state index < -0.39 is 0 Å². The number of aryl methyl sites for hydroxylation is 2. The summed E-state index contributed by atoms with van der Waals surface area (Å²) in [4.78, 5) is 21.5. The van der Waals surface area contributed by atoms with Gasteiger partial charge < -0.3 is 14.8 Å². The van der Waals surface area contributed by atoms with Crippen molar-refractivity contribution in [3.05, 3.63) is 35.9 Å². The summed E-state index contributed by atoms with van der Waals surface area (Å²) < 4.78 is 5.23. The van der Waals surface area contributed by atoms with Crippen LogP contribution in [0.1, 0.15) is 43.5 Å². The number of rotatable bonds is 4. The summed E-state index contributed by atoms with van der Waals surface area (Å²) in [6, 6.07) is 4.37. The molecule has 1 aliphatic rings. The van der Waals surface area contributed by atoms with Crippen LogP contribution in [0.5, 0.6) is 0 Å². The monoisotopic (exact) mass is 389 g/mol. The lowest BCUT2D eigenvalue weighted by molar-refractivity contribution is 0.424. The lowest BCUT2D eigenvalue weighted by atomic mass is 9.96. The fraction of sp³-hybridized carbons (Fsp3) is 0.381. The summed E-state index contributed by atoms with van der Waals surface area (Å²) in [5, 5.41) is 8.35. The Morgan fingerprint density at radius 1 is 1.07 bits per heavy atom. The van der Waals surface area contributed by atoms with Gasteiger partial charge in [-0.3, -0.25) is 0 Å². The number of hydrogen-bond acceptors (Lipinski definition) is 7. The van der Waals surface area contributed by atoms with Crippen LogP contribution in [0.3, 0.4) is 0 Å². The van der Waals surface area contributed by atoms with Crippen molar-refractivity contribution >= 4 is 17.0 Å². The molecule has 1 saturated carbocycles. The van der Waals surface area contributed by atoms with E-state index in [1.165, 1.54) is 32.1 Å². The highest BCUT2D eigenvalue weighted by molar-refractivity contribution is 5.94. The zero-order chi connectivity index (χ0) is 19.8. The lowest BCUT2D eigenvalue weighted by Gasteiger charge is -2.23. The molecular weight excluding hydrogens is 366 g/mol. The highest BCUT2D eigenvalue weighted by Gasteiger charge is 2.17. The third kappa shape index (κ3) is 3.46. The van der Waals surface area contributed by atoms with Crippen LogP contribution in [0.4, 0.5) is 5.95 Å². The highest BCUT2D eigenvalue weighted by atomic mass is 16.5. The van der Waals surface area contributed by atoms with E-state index in [1.807, 2.05) is 31.5 Å². The van der Waals surface area contributed by atoms with Crippen LogP contribution in [0.25, 0.3) is 33.9 Å². The van der Waals surface area contributed by atoms with Gasteiger partial charge in [0.2, 0.25) is 5.95 Å². The number of pyridine rings is 1. The fourth-order valence-electron chi connectivity index (χ4n) is 3.93. The van der Waals surface area contributed by atoms with Gasteiger partial charge in [-0.1, -0.05) is 24.4 Å². The SMILES string of the molecule is Cc1noc(-c2ccc3c(-c4nc(NC5CCCCC5)ncc4C)c[nH]c3n2)n1. The van der Waals surface area contributed by atoms with E-state index in [0.29, 0.717) is 29.4 Å². The predicted molar refractivity (Wildman–Crippen MR) is 110 cm³/mol. The zero-order valence-corrected chi connectivity index (χ0v) is 16.6. The fourth-order valence-corrected chi connectivity index (χ4v) is 3.93. The molecule has 148 valence electrons. The third-order valence-electron chi connectivity index (χ3n) is 5.45. The first kappa shape index (κ1) is 17.8. The van der Waals surface area contributed by atoms with E-state index >= 15 is 0 Å². The summed E-state index contributed by atoms with van der Waals surface area (Å²) in [6.07, 6.45) is 10.1. The van der Waals surface area contributed by atoms with Gasteiger partial charge in [-0.2, -0.15) is 4.98 Å². The van der Waals surface area contributed by atoms with Crippen LogP contribution in [0, 0.1) is 13.8 Å². The molecule has 0 atom stereocenters. The molecule has 0 amide bonds. The summed E-state index contributed by atoms with van der Waals surface area (Å²) in [5.41, 5.74) is 4.34. The van der Waals surface area contributed by atoms with Crippen molar-refractivity contribution in [2.45, 2.75) is 52.0 Å². The summed E-state index contributed by atoms with van der Waals surface area (Å²) in [6.45, 7) is 3.82. The maximum Gasteiger partial charge on any atom is 0.276 e. The van der Waals surface area contributed by atoms with Gasteiger partial charge >= 0.3 is 0 Å². The Kier molecular flexibility index (Phi) is 4.46. The van der Waals surface area contributed by atoms with Crippen molar-refractivity contribution in [1.82, 2.24) is 30.1 Å². The third-order valence-corrected chi connectivity index (χ3v) is 5.45. The van der Waals surface area contributed by atoms with Crippen LogP contribution in [0.2, 0.25) is 0 Å². The second-order valence-corrected chi connectivity index (χ2v) is 7.65. The Morgan fingerprint density at radius 2 is 1.93 bits per heavy atom. The van der Waals surface area contributed by atoms with E-state index in [2.05, 4.69) is 30.4 Å². The van der Waals surface area contributed by atoms with Crippen molar-refractivity contribution in [2.24, 2.45) is 0 Å². The van der Waals surface area contributed by atoms with E-state index in [4.69, 9.17) is 9.51 Å². The predicted octanol–water partition coefficient (Wildman–Crippen LogP) is 4.43. The maximum absolute atomic E-state index is 5.23. The van der Waals surface area contributed by atoms with Crippen molar-refractivity contribution in [3.8, 4) is 22.8 Å². The molecule has 1 aliphatic carbocycles. The normalized spacial score (nSPS) is 15.1. The number of H-pyrrole nitrogens is 1. The molecule has 2 N–H and O–H groups in total. The van der Waals surface area contributed by atoms with Crippen LogP contribution in [0.15, 0.2) is 29.0 Å². The zero-order valence-electron chi connectivity index (χ0n) is 16.6. The van der Waals surface area contributed by atoms with Crippen LogP contribution in [-0.2, 0) is 0 Å². The number of nitrogens with zero attached hydrogens (tertiary/aromatic N) is 5. The molecule has 8 nitrogen and oxygen atoms in total. The Hall–Kier alpha value is -3.29. The van der Waals surface area contributed by atoms with Gasteiger partial charge in [0.25, 0.3) is 5.89 Å². The minimum atomic E-state index is 0.415. The van der Waals surface area contributed by atoms with Crippen LogP contribution in [-0.4, -0.2) is 36.1 Å². The first-order valence-electron chi connectivity index (χ1n) is 10.1. The minimum Gasteiger partial charge on any atom is -0.351 e. The first-order chi connectivity index (χ1) is 14.2. The van der Waals surface area contributed by atoms with Gasteiger partial charge in [0.05, 0.1) is 5.69 Å². The smallest absolute Gasteiger partial charge is 0.276 e. The molecule has 0 aliphatic heterocycles. The Labute approximate surface area is 168 Å². The number of hydrogen-bond donors (Lipinski definition) is 2. The number of anilines is 1. The molecule has 0 aromatic carbocycles. The number of nitrogens with one attached hydrogen (secondary N) is 2. The van der Waals surface area contributed by atoms with Gasteiger partial charge in [0.15, 0.2) is 5.82 Å².